The molecule has 1 aliphatic carbocycles. The van der Waals surface area contributed by atoms with Gasteiger partial charge < -0.3 is 4.90 Å². The first-order valence-corrected chi connectivity index (χ1v) is 11.9. The Morgan fingerprint density at radius 3 is 2.69 bits per heavy atom. The molecule has 0 bridgehead atoms. The largest absolute Gasteiger partial charge is 0.335 e. The van der Waals surface area contributed by atoms with E-state index in [-0.39, 0.29) is 17.0 Å². The van der Waals surface area contributed by atoms with E-state index in [0.29, 0.717) is 23.6 Å². The van der Waals surface area contributed by atoms with Crippen LogP contribution in [0.15, 0.2) is 54.9 Å². The fourth-order valence-electron chi connectivity index (χ4n) is 4.44. The summed E-state index contributed by atoms with van der Waals surface area (Å²) in [5.74, 6) is -0.0672. The van der Waals surface area contributed by atoms with Crippen LogP contribution in [0, 0.1) is 0 Å². The lowest BCUT2D eigenvalue weighted by Crippen LogP contribution is -2.31. The number of halogens is 3. The third kappa shape index (κ3) is 4.50. The molecule has 2 aromatic heterocycles. The molecule has 1 fully saturated rings. The molecule has 5 rings (SSSR count). The maximum atomic E-state index is 13.4. The molecule has 1 aliphatic rings. The van der Waals surface area contributed by atoms with E-state index in [2.05, 4.69) is 10.1 Å². The number of aromatic nitrogens is 4. The predicted molar refractivity (Wildman–Crippen MR) is 130 cm³/mol. The van der Waals surface area contributed by atoms with Crippen molar-refractivity contribution in [2.45, 2.75) is 44.6 Å². The molecule has 1 saturated carbocycles. The molecular weight excluding hydrogens is 472 g/mol. The molecule has 0 aliphatic heterocycles. The van der Waals surface area contributed by atoms with Gasteiger partial charge in [0.15, 0.2) is 5.82 Å². The zero-order chi connectivity index (χ0) is 24.7. The molecule has 9 heteroatoms. The zero-order valence-corrected chi connectivity index (χ0v) is 20.1. The molecule has 0 saturated heterocycles. The second-order valence-corrected chi connectivity index (χ2v) is 9.21. The van der Waals surface area contributed by atoms with E-state index in [0.717, 1.165) is 33.2 Å². The lowest BCUT2D eigenvalue weighted by molar-refractivity contribution is 0.0726. The molecule has 2 heterocycles. The number of hydrogen-bond donors (Lipinski definition) is 0. The number of hydrogen-bond acceptors (Lipinski definition) is 4. The molecule has 35 heavy (non-hydrogen) atoms. The van der Waals surface area contributed by atoms with Gasteiger partial charge in [0.25, 0.3) is 12.3 Å². The van der Waals surface area contributed by atoms with Gasteiger partial charge in [0, 0.05) is 29.6 Å². The molecule has 0 unspecified atom stereocenters. The van der Waals surface area contributed by atoms with Crippen LogP contribution in [0.1, 0.15) is 72.0 Å². The lowest BCUT2D eigenvalue weighted by atomic mass is 10.0. The predicted octanol–water partition coefficient (Wildman–Crippen LogP) is 6.51. The summed E-state index contributed by atoms with van der Waals surface area (Å²) in [5.41, 5.74) is 3.60. The maximum absolute atomic E-state index is 13.4. The van der Waals surface area contributed by atoms with Gasteiger partial charge in [-0.2, -0.15) is 5.10 Å². The molecule has 0 N–H and O–H groups in total. The Morgan fingerprint density at radius 1 is 1.17 bits per heavy atom. The van der Waals surface area contributed by atoms with Crippen LogP contribution in [0.25, 0.3) is 16.6 Å². The Bertz CT molecular complexity index is 1400. The number of benzene rings is 2. The van der Waals surface area contributed by atoms with Crippen molar-refractivity contribution in [2.75, 3.05) is 7.05 Å². The highest BCUT2D eigenvalue weighted by atomic mass is 35.5. The molecule has 6 nitrogen and oxygen atoms in total. The Kier molecular flexibility index (Phi) is 6.23. The van der Waals surface area contributed by atoms with Crippen molar-refractivity contribution in [3.8, 4) is 5.69 Å². The lowest BCUT2D eigenvalue weighted by Gasteiger charge is -2.28. The normalized spacial score (nSPS) is 14.5. The molecular formula is C26H24ClF2N5O. The number of nitrogens with zero attached hydrogens (tertiary/aromatic N) is 5. The van der Waals surface area contributed by atoms with Crippen LogP contribution >= 0.6 is 11.6 Å². The summed E-state index contributed by atoms with van der Waals surface area (Å²) in [7, 11) is 1.74. The number of amides is 1. The van der Waals surface area contributed by atoms with Crippen molar-refractivity contribution in [1.82, 2.24) is 24.6 Å². The van der Waals surface area contributed by atoms with Crippen molar-refractivity contribution >= 4 is 28.4 Å². The summed E-state index contributed by atoms with van der Waals surface area (Å²) in [6.07, 6.45) is 1.25. The van der Waals surface area contributed by atoms with E-state index >= 15 is 0 Å². The highest BCUT2D eigenvalue weighted by molar-refractivity contribution is 6.32. The summed E-state index contributed by atoms with van der Waals surface area (Å²) in [4.78, 5) is 23.5. The number of fused-ring (bicyclic) bond motifs is 1. The minimum absolute atomic E-state index is 0.143. The minimum atomic E-state index is -2.80. The first kappa shape index (κ1) is 23.4. The van der Waals surface area contributed by atoms with Crippen molar-refractivity contribution in [1.29, 1.82) is 0 Å². The van der Waals surface area contributed by atoms with E-state index in [1.54, 1.807) is 36.2 Å². The van der Waals surface area contributed by atoms with Gasteiger partial charge in [-0.25, -0.2) is 18.4 Å². The molecule has 0 radical (unpaired) electrons. The second-order valence-electron chi connectivity index (χ2n) is 8.80. The Hall–Kier alpha value is -3.39. The summed E-state index contributed by atoms with van der Waals surface area (Å²) in [6, 6.07) is 14.4. The van der Waals surface area contributed by atoms with Crippen molar-refractivity contribution in [3.05, 3.63) is 82.5 Å². The van der Waals surface area contributed by atoms with Crippen molar-refractivity contribution < 1.29 is 13.6 Å². The highest BCUT2D eigenvalue weighted by Gasteiger charge is 2.26. The van der Waals surface area contributed by atoms with E-state index < -0.39 is 12.2 Å². The van der Waals surface area contributed by atoms with Gasteiger partial charge in [-0.3, -0.25) is 9.78 Å². The fourth-order valence-corrected chi connectivity index (χ4v) is 4.64. The van der Waals surface area contributed by atoms with Crippen molar-refractivity contribution in [3.63, 3.8) is 0 Å². The van der Waals surface area contributed by atoms with Crippen LogP contribution in [0.3, 0.4) is 0 Å². The van der Waals surface area contributed by atoms with Crippen LogP contribution in [0.5, 0.6) is 0 Å². The topological polar surface area (TPSA) is 63.9 Å². The van der Waals surface area contributed by atoms with E-state index in [1.807, 2.05) is 31.2 Å². The van der Waals surface area contributed by atoms with Gasteiger partial charge in [-0.15, -0.1) is 0 Å². The third-order valence-corrected chi connectivity index (χ3v) is 6.80. The number of rotatable bonds is 7. The average Bonchev–Trinajstić information content (AvgIpc) is 3.60. The van der Waals surface area contributed by atoms with E-state index in [9.17, 15) is 13.6 Å². The van der Waals surface area contributed by atoms with Gasteiger partial charge in [0.1, 0.15) is 6.33 Å². The Balaban J connectivity index is 1.44. The number of pyridine rings is 1. The van der Waals surface area contributed by atoms with Crippen LogP contribution < -0.4 is 0 Å². The fraction of sp³-hybridized carbons (Fsp3) is 0.308. The smallest absolute Gasteiger partial charge is 0.297 e. The van der Waals surface area contributed by atoms with Crippen LogP contribution in [-0.4, -0.2) is 37.6 Å². The zero-order valence-electron chi connectivity index (χ0n) is 19.3. The molecule has 2 aromatic carbocycles. The Labute approximate surface area is 206 Å². The monoisotopic (exact) mass is 495 g/mol. The molecule has 1 atom stereocenters. The van der Waals surface area contributed by atoms with Gasteiger partial charge in [-0.05, 0) is 61.2 Å². The summed E-state index contributed by atoms with van der Waals surface area (Å²) >= 11 is 6.32. The van der Waals surface area contributed by atoms with Gasteiger partial charge in [-0.1, -0.05) is 30.7 Å². The quantitative estimate of drug-likeness (QED) is 0.293. The number of carbonyl (C=O) groups is 1. The molecule has 0 spiro atoms. The maximum Gasteiger partial charge on any atom is 0.297 e. The molecule has 1 amide bonds. The second kappa shape index (κ2) is 9.34. The third-order valence-electron chi connectivity index (χ3n) is 6.48. The standard InChI is InChI=1S/C26H24ClF2N5O/c1-3-22(17-6-9-19(27)23(13-17)34-25(24(28)29)30-14-31-34)33(2)26(35)18-8-11-21-16(12-18)7-10-20(32-21)15-4-5-15/h6-15,22,24H,3-5H2,1-2H3/t22-/m1/s1. The van der Waals surface area contributed by atoms with Crippen LogP contribution in [-0.2, 0) is 0 Å². The van der Waals surface area contributed by atoms with Crippen LogP contribution in [0.4, 0.5) is 8.78 Å². The summed E-state index contributed by atoms with van der Waals surface area (Å²) < 4.78 is 27.8. The molecule has 4 aromatic rings. The average molecular weight is 496 g/mol. The van der Waals surface area contributed by atoms with Gasteiger partial charge in [0.05, 0.1) is 22.3 Å². The number of carbonyl (C=O) groups excluding carboxylic acids is 1. The van der Waals surface area contributed by atoms with Gasteiger partial charge >= 0.3 is 0 Å². The molecule has 180 valence electrons. The van der Waals surface area contributed by atoms with Gasteiger partial charge in [0.2, 0.25) is 0 Å². The SMILES string of the molecule is CC[C@H](c1ccc(Cl)c(-n2ncnc2C(F)F)c1)N(C)C(=O)c1ccc2nc(C3CC3)ccc2c1. The van der Waals surface area contributed by atoms with Crippen molar-refractivity contribution in [2.24, 2.45) is 0 Å². The van der Waals surface area contributed by atoms with Crippen LogP contribution in [0.2, 0.25) is 5.02 Å². The Morgan fingerprint density at radius 2 is 1.97 bits per heavy atom. The first-order valence-electron chi connectivity index (χ1n) is 11.5. The van der Waals surface area contributed by atoms with E-state index in [4.69, 9.17) is 16.6 Å². The minimum Gasteiger partial charge on any atom is -0.335 e. The highest BCUT2D eigenvalue weighted by Crippen LogP contribution is 2.39. The summed E-state index contributed by atoms with van der Waals surface area (Å²) in [5, 5.41) is 5.11. The first-order chi connectivity index (χ1) is 16.9. The van der Waals surface area contributed by atoms with E-state index in [1.165, 1.54) is 12.8 Å². The number of alkyl halides is 2. The summed E-state index contributed by atoms with van der Waals surface area (Å²) in [6.45, 7) is 1.96.